The standard InChI is InChI=1S/C15H17BrN2O3S/c1-17-11(7-14(19)18(2)15(17)20)9-22-8-10-4-5-13(21-3)12(16)6-10/h4-7H,8-9H2,1-3H3. The predicted octanol–water partition coefficient (Wildman–Crippen LogP) is 2.29. The van der Waals surface area contributed by atoms with E-state index in [9.17, 15) is 9.59 Å². The average Bonchev–Trinajstić information content (AvgIpc) is 2.50. The molecule has 0 spiro atoms. The Balaban J connectivity index is 2.07. The third kappa shape index (κ3) is 3.64. The molecule has 2 rings (SSSR count). The summed E-state index contributed by atoms with van der Waals surface area (Å²) in [5.74, 6) is 2.18. The Kier molecular flexibility index (Phi) is 5.52. The van der Waals surface area contributed by atoms with Gasteiger partial charge in [0.15, 0.2) is 0 Å². The Hall–Kier alpha value is -1.47. The van der Waals surface area contributed by atoms with Crippen molar-refractivity contribution in [2.24, 2.45) is 14.1 Å². The number of thioether (sulfide) groups is 1. The number of benzene rings is 1. The van der Waals surface area contributed by atoms with Gasteiger partial charge >= 0.3 is 5.69 Å². The van der Waals surface area contributed by atoms with Crippen molar-refractivity contribution >= 4 is 27.7 Å². The lowest BCUT2D eigenvalue weighted by atomic mass is 10.2. The summed E-state index contributed by atoms with van der Waals surface area (Å²) in [4.78, 5) is 23.5. The van der Waals surface area contributed by atoms with E-state index in [0.717, 1.165) is 31.8 Å². The summed E-state index contributed by atoms with van der Waals surface area (Å²) in [5, 5.41) is 0. The zero-order chi connectivity index (χ0) is 16.3. The molecule has 0 saturated heterocycles. The van der Waals surface area contributed by atoms with Gasteiger partial charge in [-0.2, -0.15) is 11.8 Å². The molecule has 22 heavy (non-hydrogen) atoms. The third-order valence-corrected chi connectivity index (χ3v) is 5.02. The minimum atomic E-state index is -0.296. The second-order valence-corrected chi connectivity index (χ2v) is 6.68. The van der Waals surface area contributed by atoms with Gasteiger partial charge in [0.05, 0.1) is 11.6 Å². The first-order valence-corrected chi connectivity index (χ1v) is 8.55. The molecule has 0 N–H and O–H groups in total. The highest BCUT2D eigenvalue weighted by Crippen LogP contribution is 2.27. The Morgan fingerprint density at radius 1 is 1.14 bits per heavy atom. The van der Waals surface area contributed by atoms with Crippen LogP contribution in [0.15, 0.2) is 38.3 Å². The van der Waals surface area contributed by atoms with E-state index in [1.54, 1.807) is 25.9 Å². The van der Waals surface area contributed by atoms with Crippen molar-refractivity contribution in [1.29, 1.82) is 0 Å². The molecule has 1 aromatic heterocycles. The molecule has 0 amide bonds. The van der Waals surface area contributed by atoms with Gasteiger partial charge in [-0.25, -0.2) is 4.79 Å². The molecule has 0 aliphatic carbocycles. The number of halogens is 1. The van der Waals surface area contributed by atoms with Gasteiger partial charge in [0, 0.05) is 37.4 Å². The smallest absolute Gasteiger partial charge is 0.330 e. The van der Waals surface area contributed by atoms with Crippen LogP contribution in [0.2, 0.25) is 0 Å². The molecule has 0 radical (unpaired) electrons. The van der Waals surface area contributed by atoms with Crippen molar-refractivity contribution < 1.29 is 4.74 Å². The van der Waals surface area contributed by atoms with Crippen LogP contribution in [0.25, 0.3) is 0 Å². The minimum Gasteiger partial charge on any atom is -0.496 e. The summed E-state index contributed by atoms with van der Waals surface area (Å²) in [6.45, 7) is 0. The Morgan fingerprint density at radius 2 is 1.86 bits per heavy atom. The van der Waals surface area contributed by atoms with E-state index in [4.69, 9.17) is 4.74 Å². The van der Waals surface area contributed by atoms with E-state index in [1.165, 1.54) is 17.7 Å². The van der Waals surface area contributed by atoms with Crippen LogP contribution in [-0.4, -0.2) is 16.2 Å². The molecule has 7 heteroatoms. The van der Waals surface area contributed by atoms with Crippen LogP contribution in [-0.2, 0) is 25.6 Å². The highest BCUT2D eigenvalue weighted by atomic mass is 79.9. The molecule has 0 fully saturated rings. The van der Waals surface area contributed by atoms with Crippen LogP contribution in [0.1, 0.15) is 11.3 Å². The third-order valence-electron chi connectivity index (χ3n) is 3.36. The lowest BCUT2D eigenvalue weighted by Crippen LogP contribution is -2.37. The van der Waals surface area contributed by atoms with Gasteiger partial charge < -0.3 is 4.74 Å². The summed E-state index contributed by atoms with van der Waals surface area (Å²) < 4.78 is 8.73. The maximum Gasteiger partial charge on any atom is 0.330 e. The maximum absolute atomic E-state index is 11.9. The fourth-order valence-corrected chi connectivity index (χ4v) is 3.58. The van der Waals surface area contributed by atoms with Crippen molar-refractivity contribution in [1.82, 2.24) is 9.13 Å². The molecule has 5 nitrogen and oxygen atoms in total. The van der Waals surface area contributed by atoms with Crippen molar-refractivity contribution in [2.45, 2.75) is 11.5 Å². The summed E-state index contributed by atoms with van der Waals surface area (Å²) in [5.41, 5.74) is 1.30. The van der Waals surface area contributed by atoms with E-state index in [1.807, 2.05) is 18.2 Å². The molecular weight excluding hydrogens is 368 g/mol. The van der Waals surface area contributed by atoms with Crippen molar-refractivity contribution in [3.8, 4) is 5.75 Å². The number of nitrogens with zero attached hydrogens (tertiary/aromatic N) is 2. The molecule has 118 valence electrons. The monoisotopic (exact) mass is 384 g/mol. The van der Waals surface area contributed by atoms with Crippen LogP contribution in [0.5, 0.6) is 5.75 Å². The zero-order valence-electron chi connectivity index (χ0n) is 12.6. The fourth-order valence-electron chi connectivity index (χ4n) is 1.99. The second-order valence-electron chi connectivity index (χ2n) is 4.84. The number of ether oxygens (including phenoxy) is 1. The number of aromatic nitrogens is 2. The van der Waals surface area contributed by atoms with E-state index >= 15 is 0 Å². The van der Waals surface area contributed by atoms with Crippen LogP contribution >= 0.6 is 27.7 Å². The number of hydrogen-bond acceptors (Lipinski definition) is 4. The lowest BCUT2D eigenvalue weighted by molar-refractivity contribution is 0.412. The predicted molar refractivity (Wildman–Crippen MR) is 92.6 cm³/mol. The first kappa shape index (κ1) is 16.9. The molecule has 0 atom stereocenters. The largest absolute Gasteiger partial charge is 0.496 e. The van der Waals surface area contributed by atoms with Crippen LogP contribution in [0, 0.1) is 0 Å². The van der Waals surface area contributed by atoms with E-state index in [0.29, 0.717) is 5.75 Å². The Bertz CT molecular complexity index is 798. The molecule has 0 aliphatic heterocycles. The Labute approximate surface area is 141 Å². The van der Waals surface area contributed by atoms with Crippen LogP contribution in [0.3, 0.4) is 0 Å². The topological polar surface area (TPSA) is 53.2 Å². The lowest BCUT2D eigenvalue weighted by Gasteiger charge is -2.10. The highest BCUT2D eigenvalue weighted by molar-refractivity contribution is 9.10. The molecule has 0 aliphatic rings. The van der Waals surface area contributed by atoms with Gasteiger partial charge in [0.25, 0.3) is 5.56 Å². The fraction of sp³-hybridized carbons (Fsp3) is 0.333. The Morgan fingerprint density at radius 3 is 2.50 bits per heavy atom. The van der Waals surface area contributed by atoms with Crippen molar-refractivity contribution in [2.75, 3.05) is 7.11 Å². The molecule has 1 heterocycles. The summed E-state index contributed by atoms with van der Waals surface area (Å²) in [6.07, 6.45) is 0. The number of hydrogen-bond donors (Lipinski definition) is 0. The molecule has 2 aromatic rings. The molecular formula is C15H17BrN2O3S. The second kappa shape index (κ2) is 7.19. The molecule has 0 saturated carbocycles. The highest BCUT2D eigenvalue weighted by Gasteiger charge is 2.07. The van der Waals surface area contributed by atoms with Crippen LogP contribution < -0.4 is 16.0 Å². The molecule has 0 unspecified atom stereocenters. The van der Waals surface area contributed by atoms with Gasteiger partial charge in [-0.3, -0.25) is 13.9 Å². The van der Waals surface area contributed by atoms with Gasteiger partial charge in [-0.1, -0.05) is 6.07 Å². The SMILES string of the molecule is COc1ccc(CSCc2cc(=O)n(C)c(=O)n2C)cc1Br. The minimum absolute atomic E-state index is 0.272. The van der Waals surface area contributed by atoms with Crippen molar-refractivity contribution in [3.05, 3.63) is 60.8 Å². The van der Waals surface area contributed by atoms with E-state index in [2.05, 4.69) is 15.9 Å². The maximum atomic E-state index is 11.9. The number of methoxy groups -OCH3 is 1. The quantitative estimate of drug-likeness (QED) is 0.793. The normalized spacial score (nSPS) is 10.7. The van der Waals surface area contributed by atoms with Crippen molar-refractivity contribution in [3.63, 3.8) is 0 Å². The first-order valence-electron chi connectivity index (χ1n) is 6.60. The number of rotatable bonds is 5. The van der Waals surface area contributed by atoms with E-state index < -0.39 is 0 Å². The van der Waals surface area contributed by atoms with Gasteiger partial charge in [-0.05, 0) is 33.6 Å². The molecule has 0 bridgehead atoms. The van der Waals surface area contributed by atoms with Crippen LogP contribution in [0.4, 0.5) is 0 Å². The zero-order valence-corrected chi connectivity index (χ0v) is 15.0. The first-order chi connectivity index (χ1) is 10.4. The van der Waals surface area contributed by atoms with E-state index in [-0.39, 0.29) is 11.2 Å². The molecule has 1 aromatic carbocycles. The van der Waals surface area contributed by atoms with Gasteiger partial charge in [0.1, 0.15) is 5.75 Å². The summed E-state index contributed by atoms with van der Waals surface area (Å²) in [7, 11) is 4.79. The summed E-state index contributed by atoms with van der Waals surface area (Å²) in [6, 6.07) is 7.43. The average molecular weight is 385 g/mol. The van der Waals surface area contributed by atoms with Gasteiger partial charge in [-0.15, -0.1) is 0 Å². The van der Waals surface area contributed by atoms with Gasteiger partial charge in [0.2, 0.25) is 0 Å². The summed E-state index contributed by atoms with van der Waals surface area (Å²) >= 11 is 5.11.